The fourth-order valence-electron chi connectivity index (χ4n) is 4.61. The minimum Gasteiger partial charge on any atom is -0.497 e. The minimum atomic E-state index is 0.573. The van der Waals surface area contributed by atoms with E-state index in [0.717, 1.165) is 12.2 Å². The zero-order valence-electron chi connectivity index (χ0n) is 14.6. The Hall–Kier alpha value is -1.80. The number of nitrogens with zero attached hydrogens (tertiary/aromatic N) is 1. The molecule has 1 fully saturated rings. The van der Waals surface area contributed by atoms with Gasteiger partial charge in [-0.3, -0.25) is 4.90 Å². The standard InChI is InChI=1S/C22H27NO/c1-24-19-11-9-18-10-12-22(23-13-5-6-14-23)21(20(18)16-19)15-17-7-3-2-4-8-17/h2-4,7-9,11,16,21-22H,5-6,10,12-15H2,1H3. The number of hydrogen-bond acceptors (Lipinski definition) is 2. The van der Waals surface area contributed by atoms with Crippen molar-refractivity contribution in [1.82, 2.24) is 4.90 Å². The molecular weight excluding hydrogens is 294 g/mol. The van der Waals surface area contributed by atoms with Crippen LogP contribution in [0, 0.1) is 0 Å². The Balaban J connectivity index is 1.70. The Kier molecular flexibility index (Phi) is 4.57. The van der Waals surface area contributed by atoms with Crippen LogP contribution in [0.25, 0.3) is 0 Å². The number of benzene rings is 2. The molecule has 2 aliphatic rings. The third-order valence-corrected chi connectivity index (χ3v) is 5.83. The summed E-state index contributed by atoms with van der Waals surface area (Å²) < 4.78 is 5.53. The monoisotopic (exact) mass is 321 g/mol. The quantitative estimate of drug-likeness (QED) is 0.826. The summed E-state index contributed by atoms with van der Waals surface area (Å²) in [4.78, 5) is 2.75. The predicted molar refractivity (Wildman–Crippen MR) is 98.8 cm³/mol. The van der Waals surface area contributed by atoms with Crippen molar-refractivity contribution < 1.29 is 4.74 Å². The maximum absolute atomic E-state index is 5.53. The van der Waals surface area contributed by atoms with Gasteiger partial charge in [-0.05, 0) is 74.0 Å². The third kappa shape index (κ3) is 3.08. The van der Waals surface area contributed by atoms with Gasteiger partial charge in [0.25, 0.3) is 0 Å². The molecule has 1 aliphatic carbocycles. The highest BCUT2D eigenvalue weighted by atomic mass is 16.5. The van der Waals surface area contributed by atoms with E-state index >= 15 is 0 Å². The lowest BCUT2D eigenvalue weighted by Crippen LogP contribution is -2.41. The number of rotatable bonds is 4. The van der Waals surface area contributed by atoms with E-state index in [0.29, 0.717) is 12.0 Å². The van der Waals surface area contributed by atoms with Gasteiger partial charge in [0.1, 0.15) is 5.75 Å². The van der Waals surface area contributed by atoms with Crippen molar-refractivity contribution >= 4 is 0 Å². The number of fused-ring (bicyclic) bond motifs is 1. The van der Waals surface area contributed by atoms with E-state index in [1.54, 1.807) is 7.11 Å². The van der Waals surface area contributed by atoms with Crippen LogP contribution in [0.4, 0.5) is 0 Å². The van der Waals surface area contributed by atoms with E-state index in [2.05, 4.69) is 53.4 Å². The number of likely N-dealkylation sites (tertiary alicyclic amines) is 1. The van der Waals surface area contributed by atoms with Crippen molar-refractivity contribution in [3.63, 3.8) is 0 Å². The first-order valence-corrected chi connectivity index (χ1v) is 9.30. The van der Waals surface area contributed by atoms with Crippen LogP contribution in [0.1, 0.15) is 41.9 Å². The van der Waals surface area contributed by atoms with E-state index in [-0.39, 0.29) is 0 Å². The second kappa shape index (κ2) is 6.98. The molecule has 2 unspecified atom stereocenters. The zero-order chi connectivity index (χ0) is 16.4. The second-order valence-electron chi connectivity index (χ2n) is 7.21. The molecule has 1 saturated heterocycles. The molecule has 0 amide bonds. The first-order chi connectivity index (χ1) is 11.8. The predicted octanol–water partition coefficient (Wildman–Crippen LogP) is 4.43. The Morgan fingerprint density at radius 1 is 1.04 bits per heavy atom. The first kappa shape index (κ1) is 15.7. The van der Waals surface area contributed by atoms with E-state index < -0.39 is 0 Å². The molecule has 2 aromatic rings. The van der Waals surface area contributed by atoms with Gasteiger partial charge in [0.2, 0.25) is 0 Å². The lowest BCUT2D eigenvalue weighted by molar-refractivity contribution is 0.188. The van der Waals surface area contributed by atoms with E-state index in [4.69, 9.17) is 4.74 Å². The van der Waals surface area contributed by atoms with Gasteiger partial charge in [0, 0.05) is 12.0 Å². The maximum Gasteiger partial charge on any atom is 0.119 e. The molecule has 4 rings (SSSR count). The molecular formula is C22H27NO. The Bertz CT molecular complexity index is 676. The summed E-state index contributed by atoms with van der Waals surface area (Å²) in [5.41, 5.74) is 4.48. The lowest BCUT2D eigenvalue weighted by atomic mass is 9.75. The Morgan fingerprint density at radius 2 is 1.83 bits per heavy atom. The van der Waals surface area contributed by atoms with Crippen LogP contribution in [0.5, 0.6) is 5.75 Å². The molecule has 2 atom stereocenters. The van der Waals surface area contributed by atoms with Gasteiger partial charge < -0.3 is 4.74 Å². The summed E-state index contributed by atoms with van der Waals surface area (Å²) in [7, 11) is 1.77. The molecule has 0 radical (unpaired) electrons. The molecule has 2 nitrogen and oxygen atoms in total. The van der Waals surface area contributed by atoms with E-state index in [1.165, 1.54) is 55.5 Å². The van der Waals surface area contributed by atoms with Crippen LogP contribution in [0.15, 0.2) is 48.5 Å². The fraction of sp³-hybridized carbons (Fsp3) is 0.455. The number of aryl methyl sites for hydroxylation is 1. The fourth-order valence-corrected chi connectivity index (χ4v) is 4.61. The highest BCUT2D eigenvalue weighted by Crippen LogP contribution is 2.39. The van der Waals surface area contributed by atoms with Crippen molar-refractivity contribution in [1.29, 1.82) is 0 Å². The number of methoxy groups -OCH3 is 1. The summed E-state index contributed by atoms with van der Waals surface area (Å²) in [5, 5.41) is 0. The van der Waals surface area contributed by atoms with Crippen molar-refractivity contribution in [2.75, 3.05) is 20.2 Å². The van der Waals surface area contributed by atoms with Gasteiger partial charge in [-0.2, -0.15) is 0 Å². The van der Waals surface area contributed by atoms with Gasteiger partial charge in [-0.1, -0.05) is 36.4 Å². The smallest absolute Gasteiger partial charge is 0.119 e. The highest BCUT2D eigenvalue weighted by molar-refractivity contribution is 5.41. The minimum absolute atomic E-state index is 0.573. The van der Waals surface area contributed by atoms with Crippen molar-refractivity contribution in [2.24, 2.45) is 0 Å². The Morgan fingerprint density at radius 3 is 2.58 bits per heavy atom. The lowest BCUT2D eigenvalue weighted by Gasteiger charge is -2.39. The molecule has 0 bridgehead atoms. The molecule has 2 heteroatoms. The van der Waals surface area contributed by atoms with Crippen molar-refractivity contribution in [3.05, 3.63) is 65.2 Å². The third-order valence-electron chi connectivity index (χ3n) is 5.83. The molecule has 1 aliphatic heterocycles. The first-order valence-electron chi connectivity index (χ1n) is 9.30. The van der Waals surface area contributed by atoms with Gasteiger partial charge in [0.05, 0.1) is 7.11 Å². The summed E-state index contributed by atoms with van der Waals surface area (Å²) in [6.07, 6.45) is 6.34. The summed E-state index contributed by atoms with van der Waals surface area (Å²) in [5.74, 6) is 1.57. The summed E-state index contributed by atoms with van der Waals surface area (Å²) >= 11 is 0. The van der Waals surface area contributed by atoms with E-state index in [1.807, 2.05) is 0 Å². The molecule has 1 heterocycles. The molecule has 0 N–H and O–H groups in total. The largest absolute Gasteiger partial charge is 0.497 e. The second-order valence-corrected chi connectivity index (χ2v) is 7.21. The molecule has 0 saturated carbocycles. The van der Waals surface area contributed by atoms with Crippen LogP contribution in [0.2, 0.25) is 0 Å². The molecule has 0 spiro atoms. The van der Waals surface area contributed by atoms with Crippen molar-refractivity contribution in [3.8, 4) is 5.75 Å². The van der Waals surface area contributed by atoms with Crippen molar-refractivity contribution in [2.45, 2.75) is 44.1 Å². The van der Waals surface area contributed by atoms with Gasteiger partial charge in [0.15, 0.2) is 0 Å². The maximum atomic E-state index is 5.53. The molecule has 24 heavy (non-hydrogen) atoms. The average Bonchev–Trinajstić information content (AvgIpc) is 3.17. The van der Waals surface area contributed by atoms with E-state index in [9.17, 15) is 0 Å². The Labute approximate surface area is 145 Å². The van der Waals surface area contributed by atoms with Crippen LogP contribution >= 0.6 is 0 Å². The van der Waals surface area contributed by atoms with Crippen LogP contribution in [-0.2, 0) is 12.8 Å². The topological polar surface area (TPSA) is 12.5 Å². The summed E-state index contributed by atoms with van der Waals surface area (Å²) in [6.45, 7) is 2.55. The normalized spacial score (nSPS) is 23.9. The SMILES string of the molecule is COc1ccc2c(c1)C(Cc1ccccc1)C(N1CCCC1)CC2. The van der Waals surface area contributed by atoms with Crippen LogP contribution in [-0.4, -0.2) is 31.1 Å². The van der Waals surface area contributed by atoms with Gasteiger partial charge in [-0.25, -0.2) is 0 Å². The zero-order valence-corrected chi connectivity index (χ0v) is 14.6. The van der Waals surface area contributed by atoms with Gasteiger partial charge >= 0.3 is 0 Å². The average molecular weight is 321 g/mol. The molecule has 2 aromatic carbocycles. The van der Waals surface area contributed by atoms with Crippen LogP contribution < -0.4 is 4.74 Å². The number of ether oxygens (including phenoxy) is 1. The highest BCUT2D eigenvalue weighted by Gasteiger charge is 2.34. The summed E-state index contributed by atoms with van der Waals surface area (Å²) in [6, 6.07) is 18.4. The molecule has 126 valence electrons. The molecule has 0 aromatic heterocycles. The number of hydrogen-bond donors (Lipinski definition) is 0. The van der Waals surface area contributed by atoms with Gasteiger partial charge in [-0.15, -0.1) is 0 Å². The van der Waals surface area contributed by atoms with Crippen LogP contribution in [0.3, 0.4) is 0 Å².